The van der Waals surface area contributed by atoms with Gasteiger partial charge in [-0.2, -0.15) is 11.3 Å². The second kappa shape index (κ2) is 5.73. The molecule has 4 nitrogen and oxygen atoms in total. The lowest BCUT2D eigenvalue weighted by atomic mass is 10.2. The molecule has 0 radical (unpaired) electrons. The van der Waals surface area contributed by atoms with Crippen molar-refractivity contribution in [2.75, 3.05) is 12.3 Å². The van der Waals surface area contributed by atoms with Gasteiger partial charge in [0.1, 0.15) is 0 Å². The van der Waals surface area contributed by atoms with Crippen LogP contribution < -0.4 is 10.5 Å². The van der Waals surface area contributed by atoms with Gasteiger partial charge in [0.25, 0.3) is 0 Å². The van der Waals surface area contributed by atoms with Gasteiger partial charge in [-0.05, 0) is 53.4 Å². The van der Waals surface area contributed by atoms with Gasteiger partial charge in [-0.25, -0.2) is 13.1 Å². The molecule has 0 aliphatic rings. The number of hydrogen-bond acceptors (Lipinski definition) is 4. The first-order valence-electron chi connectivity index (χ1n) is 5.86. The molecule has 2 aromatic rings. The van der Waals surface area contributed by atoms with Crippen molar-refractivity contribution in [3.05, 3.63) is 46.2 Å². The van der Waals surface area contributed by atoms with Gasteiger partial charge in [0.05, 0.1) is 4.90 Å². The third-order valence-corrected chi connectivity index (χ3v) is 5.12. The van der Waals surface area contributed by atoms with E-state index in [2.05, 4.69) is 4.72 Å². The fourth-order valence-corrected chi connectivity index (χ4v) is 3.76. The predicted octanol–water partition coefficient (Wildman–Crippen LogP) is 2.16. The summed E-state index contributed by atoms with van der Waals surface area (Å²) >= 11 is 1.60. The summed E-state index contributed by atoms with van der Waals surface area (Å²) in [5.41, 5.74) is 7.92. The summed E-state index contributed by atoms with van der Waals surface area (Å²) in [6.45, 7) is 2.14. The summed E-state index contributed by atoms with van der Waals surface area (Å²) < 4.78 is 26.9. The predicted molar refractivity (Wildman–Crippen MR) is 78.8 cm³/mol. The second-order valence-corrected chi connectivity index (χ2v) is 6.82. The van der Waals surface area contributed by atoms with E-state index in [9.17, 15) is 8.42 Å². The molecule has 0 spiro atoms. The fourth-order valence-electron chi connectivity index (χ4n) is 1.75. The highest BCUT2D eigenvalue weighted by Gasteiger charge is 2.16. The Kier molecular flexibility index (Phi) is 4.24. The first-order valence-corrected chi connectivity index (χ1v) is 8.28. The van der Waals surface area contributed by atoms with Crippen LogP contribution >= 0.6 is 11.3 Å². The standard InChI is InChI=1S/C13H16N2O2S2/c1-10-2-3-12(14)8-13(10)19(16,17)15-6-4-11-5-7-18-9-11/h2-3,5,7-9,15H,4,6,14H2,1H3. The number of rotatable bonds is 5. The Morgan fingerprint density at radius 3 is 2.79 bits per heavy atom. The molecule has 102 valence electrons. The summed E-state index contributed by atoms with van der Waals surface area (Å²) in [5.74, 6) is 0. The van der Waals surface area contributed by atoms with Gasteiger partial charge >= 0.3 is 0 Å². The van der Waals surface area contributed by atoms with Crippen molar-refractivity contribution in [1.82, 2.24) is 4.72 Å². The van der Waals surface area contributed by atoms with Crippen LogP contribution in [0, 0.1) is 6.92 Å². The SMILES string of the molecule is Cc1ccc(N)cc1S(=O)(=O)NCCc1ccsc1. The molecule has 0 aliphatic heterocycles. The molecule has 0 atom stereocenters. The molecular formula is C13H16N2O2S2. The van der Waals surface area contributed by atoms with E-state index < -0.39 is 10.0 Å². The summed E-state index contributed by atoms with van der Waals surface area (Å²) in [6, 6.07) is 6.88. The number of benzene rings is 1. The van der Waals surface area contributed by atoms with Crippen molar-refractivity contribution in [1.29, 1.82) is 0 Å². The highest BCUT2D eigenvalue weighted by atomic mass is 32.2. The van der Waals surface area contributed by atoms with E-state index in [-0.39, 0.29) is 4.90 Å². The minimum atomic E-state index is -3.49. The minimum Gasteiger partial charge on any atom is -0.399 e. The first-order chi connectivity index (χ1) is 8.99. The Morgan fingerprint density at radius 2 is 2.11 bits per heavy atom. The number of aryl methyl sites for hydroxylation is 1. The van der Waals surface area contributed by atoms with E-state index in [4.69, 9.17) is 5.73 Å². The van der Waals surface area contributed by atoms with E-state index in [1.165, 1.54) is 6.07 Å². The smallest absolute Gasteiger partial charge is 0.240 e. The number of nitrogen functional groups attached to an aromatic ring is 1. The normalized spacial score (nSPS) is 11.6. The maximum atomic E-state index is 12.2. The van der Waals surface area contributed by atoms with Gasteiger partial charge in [-0.1, -0.05) is 6.07 Å². The molecule has 6 heteroatoms. The Morgan fingerprint density at radius 1 is 1.32 bits per heavy atom. The molecule has 0 amide bonds. The van der Waals surface area contributed by atoms with Crippen LogP contribution in [0.3, 0.4) is 0 Å². The zero-order chi connectivity index (χ0) is 13.9. The van der Waals surface area contributed by atoms with Crippen molar-refractivity contribution in [2.45, 2.75) is 18.2 Å². The van der Waals surface area contributed by atoms with Crippen LogP contribution in [0.2, 0.25) is 0 Å². The van der Waals surface area contributed by atoms with Crippen molar-refractivity contribution >= 4 is 27.0 Å². The lowest BCUT2D eigenvalue weighted by Gasteiger charge is -2.09. The van der Waals surface area contributed by atoms with Crippen LogP contribution in [-0.4, -0.2) is 15.0 Å². The molecule has 0 aliphatic carbocycles. The monoisotopic (exact) mass is 296 g/mol. The Hall–Kier alpha value is -1.37. The molecule has 2 rings (SSSR count). The molecular weight excluding hydrogens is 280 g/mol. The van der Waals surface area contributed by atoms with Crippen molar-refractivity contribution < 1.29 is 8.42 Å². The van der Waals surface area contributed by atoms with Gasteiger partial charge in [0.2, 0.25) is 10.0 Å². The topological polar surface area (TPSA) is 72.2 Å². The molecule has 0 saturated carbocycles. The number of sulfonamides is 1. The van der Waals surface area contributed by atoms with E-state index in [0.717, 1.165) is 5.56 Å². The first kappa shape index (κ1) is 14.0. The third-order valence-electron chi connectivity index (χ3n) is 2.79. The zero-order valence-corrected chi connectivity index (χ0v) is 12.2. The van der Waals surface area contributed by atoms with Gasteiger partial charge in [-0.3, -0.25) is 0 Å². The molecule has 1 aromatic carbocycles. The molecule has 3 N–H and O–H groups in total. The summed E-state index contributed by atoms with van der Waals surface area (Å²) in [7, 11) is -3.49. The molecule has 0 unspecified atom stereocenters. The fraction of sp³-hybridized carbons (Fsp3) is 0.231. The summed E-state index contributed by atoms with van der Waals surface area (Å²) in [6.07, 6.45) is 0.685. The van der Waals surface area contributed by atoms with Crippen LogP contribution in [0.25, 0.3) is 0 Å². The largest absolute Gasteiger partial charge is 0.399 e. The molecule has 19 heavy (non-hydrogen) atoms. The van der Waals surface area contributed by atoms with Gasteiger partial charge in [0, 0.05) is 12.2 Å². The van der Waals surface area contributed by atoms with Crippen molar-refractivity contribution in [2.24, 2.45) is 0 Å². The zero-order valence-electron chi connectivity index (χ0n) is 10.6. The van der Waals surface area contributed by atoms with Gasteiger partial charge < -0.3 is 5.73 Å². The summed E-state index contributed by atoms with van der Waals surface area (Å²) in [5, 5.41) is 3.99. The van der Waals surface area contributed by atoms with Crippen LogP contribution in [0.1, 0.15) is 11.1 Å². The number of nitrogens with one attached hydrogen (secondary N) is 1. The number of thiophene rings is 1. The third kappa shape index (κ3) is 3.56. The van der Waals surface area contributed by atoms with Crippen LogP contribution in [-0.2, 0) is 16.4 Å². The minimum absolute atomic E-state index is 0.248. The Bertz CT molecular complexity index is 649. The quantitative estimate of drug-likeness (QED) is 0.831. The van der Waals surface area contributed by atoms with Crippen LogP contribution in [0.15, 0.2) is 39.9 Å². The maximum absolute atomic E-state index is 12.2. The Labute approximate surface area is 117 Å². The van der Waals surface area contributed by atoms with E-state index >= 15 is 0 Å². The number of anilines is 1. The average molecular weight is 296 g/mol. The molecule has 0 fully saturated rings. The second-order valence-electron chi connectivity index (χ2n) is 4.30. The number of hydrogen-bond donors (Lipinski definition) is 2. The Balaban J connectivity index is 2.07. The average Bonchev–Trinajstić information content (AvgIpc) is 2.85. The highest BCUT2D eigenvalue weighted by Crippen LogP contribution is 2.18. The van der Waals surface area contributed by atoms with Crippen molar-refractivity contribution in [3.8, 4) is 0 Å². The number of nitrogens with two attached hydrogens (primary N) is 1. The molecule has 1 aromatic heterocycles. The summed E-state index contributed by atoms with van der Waals surface area (Å²) in [4.78, 5) is 0.248. The van der Waals surface area contributed by atoms with E-state index in [0.29, 0.717) is 24.2 Å². The lowest BCUT2D eigenvalue weighted by Crippen LogP contribution is -2.26. The van der Waals surface area contributed by atoms with Gasteiger partial charge in [-0.15, -0.1) is 0 Å². The molecule has 0 saturated heterocycles. The van der Waals surface area contributed by atoms with Crippen LogP contribution in [0.5, 0.6) is 0 Å². The lowest BCUT2D eigenvalue weighted by molar-refractivity contribution is 0.581. The highest BCUT2D eigenvalue weighted by molar-refractivity contribution is 7.89. The van der Waals surface area contributed by atoms with E-state index in [1.54, 1.807) is 30.4 Å². The van der Waals surface area contributed by atoms with Crippen molar-refractivity contribution in [3.63, 3.8) is 0 Å². The molecule has 0 bridgehead atoms. The maximum Gasteiger partial charge on any atom is 0.240 e. The molecule has 1 heterocycles. The van der Waals surface area contributed by atoms with Crippen LogP contribution in [0.4, 0.5) is 5.69 Å². The van der Waals surface area contributed by atoms with Gasteiger partial charge in [0.15, 0.2) is 0 Å². The van der Waals surface area contributed by atoms with E-state index in [1.807, 2.05) is 16.8 Å².